The number of carbonyl (C=O) groups is 1. The Kier molecular flexibility index (Phi) is 5.93. The molecule has 0 aliphatic rings. The average molecular weight is 436 g/mol. The summed E-state index contributed by atoms with van der Waals surface area (Å²) in [5.74, 6) is -1.44. The third-order valence-corrected chi connectivity index (χ3v) is 5.03. The molecular weight excluding hydrogens is 424 g/mol. The van der Waals surface area contributed by atoms with Gasteiger partial charge in [0.25, 0.3) is 5.56 Å². The highest BCUT2D eigenvalue weighted by Gasteiger charge is 2.20. The van der Waals surface area contributed by atoms with Gasteiger partial charge in [0.2, 0.25) is 0 Å². The van der Waals surface area contributed by atoms with Crippen LogP contribution in [0.25, 0.3) is 5.69 Å². The monoisotopic (exact) mass is 436 g/mol. The molecule has 0 saturated heterocycles. The summed E-state index contributed by atoms with van der Waals surface area (Å²) in [5, 5.41) is 19.3. The summed E-state index contributed by atoms with van der Waals surface area (Å²) in [6, 6.07) is 10.8. The minimum Gasteiger partial charge on any atom is -0.476 e. The lowest BCUT2D eigenvalue weighted by molar-refractivity contribution is 0.0690. The van der Waals surface area contributed by atoms with E-state index < -0.39 is 45.1 Å². The van der Waals surface area contributed by atoms with E-state index in [0.29, 0.717) is 0 Å². The number of azo groups is 1. The summed E-state index contributed by atoms with van der Waals surface area (Å²) < 4.78 is 41.0. The van der Waals surface area contributed by atoms with Gasteiger partial charge in [0.05, 0.1) is 21.2 Å². The number of aromatic amines is 1. The van der Waals surface area contributed by atoms with E-state index in [1.807, 2.05) is 0 Å². The maximum atomic E-state index is 12.6. The van der Waals surface area contributed by atoms with Gasteiger partial charge in [-0.2, -0.15) is 5.11 Å². The van der Waals surface area contributed by atoms with Gasteiger partial charge in [-0.3, -0.25) is 9.89 Å². The van der Waals surface area contributed by atoms with Gasteiger partial charge >= 0.3 is 5.97 Å². The number of nitrogens with zero attached hydrogens (tertiary/aromatic N) is 3. The Morgan fingerprint density at radius 3 is 1.90 bits per heavy atom. The Hall–Kier alpha value is -3.26. The van der Waals surface area contributed by atoms with Crippen molar-refractivity contribution in [2.75, 3.05) is 0 Å². The largest absolute Gasteiger partial charge is 0.476 e. The standard InChI is InChI=1S/C16H12N4O7S2/c21-15-13(18-17-9-1-5-11(6-2-9)28(24)25)14(16(22)23)19-20(15)10-3-7-12(8-4-10)29(26)27/h1-8,19H,(H,22,23)(H,24,25)(H,26,27). The number of carboxylic acid groups (broad SMARTS) is 1. The van der Waals surface area contributed by atoms with Crippen LogP contribution in [0.4, 0.5) is 11.4 Å². The van der Waals surface area contributed by atoms with Gasteiger partial charge < -0.3 is 14.2 Å². The van der Waals surface area contributed by atoms with Gasteiger partial charge in [0.15, 0.2) is 33.5 Å². The van der Waals surface area contributed by atoms with Crippen molar-refractivity contribution in [1.29, 1.82) is 0 Å². The summed E-state index contributed by atoms with van der Waals surface area (Å²) >= 11 is -4.35. The molecule has 0 radical (unpaired) electrons. The summed E-state index contributed by atoms with van der Waals surface area (Å²) in [4.78, 5) is 24.3. The molecule has 1 heterocycles. The smallest absolute Gasteiger partial charge is 0.356 e. The van der Waals surface area contributed by atoms with E-state index in [0.717, 1.165) is 4.68 Å². The van der Waals surface area contributed by atoms with Crippen LogP contribution in [0.2, 0.25) is 0 Å². The number of hydrogen-bond acceptors (Lipinski definition) is 6. The van der Waals surface area contributed by atoms with E-state index in [4.69, 9.17) is 9.11 Å². The minimum atomic E-state index is -2.19. The van der Waals surface area contributed by atoms with Crippen LogP contribution in [-0.2, 0) is 22.2 Å². The van der Waals surface area contributed by atoms with Crippen molar-refractivity contribution >= 4 is 39.5 Å². The summed E-state index contributed by atoms with van der Waals surface area (Å²) in [6.45, 7) is 0. The van der Waals surface area contributed by atoms with Crippen LogP contribution in [0, 0.1) is 0 Å². The number of nitrogens with one attached hydrogen (secondary N) is 1. The molecule has 1 aromatic heterocycles. The van der Waals surface area contributed by atoms with Crippen LogP contribution >= 0.6 is 0 Å². The quantitative estimate of drug-likeness (QED) is 0.339. The van der Waals surface area contributed by atoms with Crippen molar-refractivity contribution in [1.82, 2.24) is 9.78 Å². The third-order valence-electron chi connectivity index (χ3n) is 3.68. The number of aromatic nitrogens is 2. The third kappa shape index (κ3) is 4.43. The maximum absolute atomic E-state index is 12.6. The van der Waals surface area contributed by atoms with E-state index in [-0.39, 0.29) is 21.2 Å². The lowest BCUT2D eigenvalue weighted by Gasteiger charge is -2.01. The molecule has 0 saturated carbocycles. The molecule has 0 fully saturated rings. The first kappa shape index (κ1) is 20.5. The van der Waals surface area contributed by atoms with Crippen molar-refractivity contribution in [2.24, 2.45) is 10.2 Å². The van der Waals surface area contributed by atoms with E-state index >= 15 is 0 Å². The SMILES string of the molecule is O=C(O)c1[nH]n(-c2ccc(S(=O)O)cc2)c(=O)c1N=Nc1ccc(S(=O)O)cc1. The zero-order chi connectivity index (χ0) is 21.1. The lowest BCUT2D eigenvalue weighted by atomic mass is 10.3. The zero-order valence-electron chi connectivity index (χ0n) is 14.3. The molecule has 0 spiro atoms. The highest BCUT2D eigenvalue weighted by Crippen LogP contribution is 2.21. The normalized spacial score (nSPS) is 13.4. The van der Waals surface area contributed by atoms with E-state index in [1.54, 1.807) is 0 Å². The Labute approximate surface area is 167 Å². The average Bonchev–Trinajstić information content (AvgIpc) is 3.03. The van der Waals surface area contributed by atoms with Gasteiger partial charge in [-0.25, -0.2) is 17.9 Å². The lowest BCUT2D eigenvalue weighted by Crippen LogP contribution is -2.14. The summed E-state index contributed by atoms with van der Waals surface area (Å²) in [7, 11) is 0. The van der Waals surface area contributed by atoms with Crippen molar-refractivity contribution < 1.29 is 27.4 Å². The van der Waals surface area contributed by atoms with Crippen LogP contribution < -0.4 is 5.56 Å². The Morgan fingerprint density at radius 2 is 1.41 bits per heavy atom. The molecule has 29 heavy (non-hydrogen) atoms. The fourth-order valence-electron chi connectivity index (χ4n) is 2.30. The molecule has 3 rings (SSSR count). The fourth-order valence-corrected chi connectivity index (χ4v) is 3.04. The molecule has 4 N–H and O–H groups in total. The minimum absolute atomic E-state index is 0.110. The Balaban J connectivity index is 2.00. The van der Waals surface area contributed by atoms with Gasteiger partial charge in [-0.05, 0) is 48.5 Å². The van der Waals surface area contributed by atoms with E-state index in [9.17, 15) is 23.1 Å². The van der Waals surface area contributed by atoms with Gasteiger partial charge in [-0.1, -0.05) is 0 Å². The molecule has 2 unspecified atom stereocenters. The van der Waals surface area contributed by atoms with Gasteiger partial charge in [0.1, 0.15) is 0 Å². The molecule has 11 nitrogen and oxygen atoms in total. The van der Waals surface area contributed by atoms with Crippen LogP contribution in [0.1, 0.15) is 10.5 Å². The van der Waals surface area contributed by atoms with Crippen molar-refractivity contribution in [3.05, 3.63) is 64.6 Å². The summed E-state index contributed by atoms with van der Waals surface area (Å²) in [6.07, 6.45) is 0. The second-order valence-corrected chi connectivity index (χ2v) is 7.41. The molecule has 13 heteroatoms. The van der Waals surface area contributed by atoms with Gasteiger partial charge in [0, 0.05) is 0 Å². The van der Waals surface area contributed by atoms with Crippen LogP contribution in [0.5, 0.6) is 0 Å². The molecule has 0 amide bonds. The predicted molar refractivity (Wildman–Crippen MR) is 102 cm³/mol. The second-order valence-electron chi connectivity index (χ2n) is 5.47. The maximum Gasteiger partial charge on any atom is 0.356 e. The molecule has 2 atom stereocenters. The van der Waals surface area contributed by atoms with Crippen LogP contribution in [0.3, 0.4) is 0 Å². The van der Waals surface area contributed by atoms with Crippen molar-refractivity contribution in [2.45, 2.75) is 9.79 Å². The van der Waals surface area contributed by atoms with Crippen LogP contribution in [0.15, 0.2) is 73.3 Å². The molecule has 0 aliphatic carbocycles. The van der Waals surface area contributed by atoms with E-state index in [1.165, 1.54) is 48.5 Å². The number of carboxylic acids is 1. The predicted octanol–water partition coefficient (Wildman–Crippen LogP) is 2.44. The molecular formula is C16H12N4O7S2. The fraction of sp³-hybridized carbons (Fsp3) is 0. The molecule has 2 aromatic carbocycles. The molecule has 0 bridgehead atoms. The highest BCUT2D eigenvalue weighted by atomic mass is 32.2. The van der Waals surface area contributed by atoms with Crippen molar-refractivity contribution in [3.8, 4) is 5.69 Å². The summed E-state index contributed by atoms with van der Waals surface area (Å²) in [5.41, 5.74) is -1.29. The van der Waals surface area contributed by atoms with E-state index in [2.05, 4.69) is 15.3 Å². The number of H-pyrrole nitrogens is 1. The number of benzene rings is 2. The number of aromatic carboxylic acids is 1. The van der Waals surface area contributed by atoms with Gasteiger partial charge in [-0.15, -0.1) is 5.11 Å². The Morgan fingerprint density at radius 1 is 0.897 bits per heavy atom. The first-order valence-electron chi connectivity index (χ1n) is 7.70. The number of hydrogen-bond donors (Lipinski definition) is 4. The highest BCUT2D eigenvalue weighted by molar-refractivity contribution is 7.79. The Bertz CT molecular complexity index is 1200. The molecule has 3 aromatic rings. The molecule has 0 aliphatic heterocycles. The topological polar surface area (TPSA) is 174 Å². The first-order valence-corrected chi connectivity index (χ1v) is 9.91. The second kappa shape index (κ2) is 8.40. The van der Waals surface area contributed by atoms with Crippen molar-refractivity contribution in [3.63, 3.8) is 0 Å². The zero-order valence-corrected chi connectivity index (χ0v) is 15.9. The molecule has 150 valence electrons. The van der Waals surface area contributed by atoms with Crippen LogP contribution in [-0.4, -0.2) is 38.4 Å². The number of rotatable bonds is 6. The first-order chi connectivity index (χ1) is 13.8.